The second kappa shape index (κ2) is 8.12. The van der Waals surface area contributed by atoms with Crippen LogP contribution in [-0.4, -0.2) is 22.7 Å². The van der Waals surface area contributed by atoms with Gasteiger partial charge in [-0.3, -0.25) is 9.48 Å². The predicted octanol–water partition coefficient (Wildman–Crippen LogP) is 3.86. The smallest absolute Gasteiger partial charge is 0.204 e. The first-order chi connectivity index (χ1) is 12.1. The molecule has 0 unspecified atom stereocenters. The summed E-state index contributed by atoms with van der Waals surface area (Å²) in [5.41, 5.74) is 11.3. The molecule has 26 heavy (non-hydrogen) atoms. The van der Waals surface area contributed by atoms with Crippen LogP contribution in [0.25, 0.3) is 0 Å². The highest BCUT2D eigenvalue weighted by Gasteiger charge is 2.20. The third-order valence-electron chi connectivity index (χ3n) is 4.52. The molecule has 5 nitrogen and oxygen atoms in total. The number of hydrogen-bond acceptors (Lipinski definition) is 3. The summed E-state index contributed by atoms with van der Waals surface area (Å²) in [5.74, 6) is 0. The average molecular weight is 377 g/mol. The van der Waals surface area contributed by atoms with Crippen LogP contribution >= 0.6 is 11.6 Å². The molecule has 1 amide bonds. The van der Waals surface area contributed by atoms with Crippen LogP contribution in [0.3, 0.4) is 0 Å². The standard InChI is InChI=1S/C19H26ClN3.CH3NO/c1-13-8-15(9-14(2)17(13)11-19(3,4)5)22-6-7-23-16(12-22)10-18(20)21-23;2-1-3/h8-10H,6-7,11-12H2,1-5H3;1H,(H2,2,3). The number of anilines is 1. The van der Waals surface area contributed by atoms with Crippen LogP contribution in [0.1, 0.15) is 43.2 Å². The molecular weight excluding hydrogens is 348 g/mol. The number of carbonyl (C=O) groups excluding carboxylic acids is 1. The molecule has 6 heteroatoms. The van der Waals surface area contributed by atoms with Crippen molar-refractivity contribution >= 4 is 23.7 Å². The topological polar surface area (TPSA) is 64.2 Å². The van der Waals surface area contributed by atoms with Crippen molar-refractivity contribution in [3.05, 3.63) is 45.7 Å². The van der Waals surface area contributed by atoms with Crippen LogP contribution in [0.4, 0.5) is 5.69 Å². The number of amides is 1. The van der Waals surface area contributed by atoms with E-state index >= 15 is 0 Å². The van der Waals surface area contributed by atoms with Crippen molar-refractivity contribution in [2.45, 2.75) is 54.1 Å². The lowest BCUT2D eigenvalue weighted by molar-refractivity contribution is -0.106. The molecule has 0 saturated carbocycles. The van der Waals surface area contributed by atoms with Crippen LogP contribution < -0.4 is 10.6 Å². The Labute approximate surface area is 161 Å². The molecule has 2 aromatic rings. The third kappa shape index (κ3) is 5.01. The van der Waals surface area contributed by atoms with Gasteiger partial charge in [0.05, 0.1) is 18.8 Å². The number of nitrogens with two attached hydrogens (primary N) is 1. The van der Waals surface area contributed by atoms with Crippen LogP contribution in [0.15, 0.2) is 18.2 Å². The molecule has 142 valence electrons. The van der Waals surface area contributed by atoms with E-state index in [-0.39, 0.29) is 6.41 Å². The minimum absolute atomic E-state index is 0.250. The molecule has 0 spiro atoms. The van der Waals surface area contributed by atoms with E-state index in [0.29, 0.717) is 10.6 Å². The number of carbonyl (C=O) groups is 1. The fraction of sp³-hybridized carbons (Fsp3) is 0.500. The number of halogens is 1. The number of aryl methyl sites for hydroxylation is 2. The van der Waals surface area contributed by atoms with E-state index in [9.17, 15) is 0 Å². The Morgan fingerprint density at radius 3 is 2.31 bits per heavy atom. The van der Waals surface area contributed by atoms with Crippen molar-refractivity contribution < 1.29 is 4.79 Å². The summed E-state index contributed by atoms with van der Waals surface area (Å²) in [4.78, 5) is 11.0. The van der Waals surface area contributed by atoms with Crippen molar-refractivity contribution in [2.75, 3.05) is 11.4 Å². The molecule has 0 radical (unpaired) electrons. The highest BCUT2D eigenvalue weighted by molar-refractivity contribution is 6.29. The van der Waals surface area contributed by atoms with Gasteiger partial charge in [0.15, 0.2) is 5.15 Å². The first kappa shape index (κ1) is 20.3. The number of benzene rings is 1. The summed E-state index contributed by atoms with van der Waals surface area (Å²) >= 11 is 6.03. The van der Waals surface area contributed by atoms with Gasteiger partial charge in [0, 0.05) is 18.3 Å². The molecule has 1 aromatic carbocycles. The summed E-state index contributed by atoms with van der Waals surface area (Å²) in [6.45, 7) is 14.1. The fourth-order valence-electron chi connectivity index (χ4n) is 3.41. The zero-order valence-electron chi connectivity index (χ0n) is 16.3. The zero-order valence-corrected chi connectivity index (χ0v) is 17.1. The summed E-state index contributed by atoms with van der Waals surface area (Å²) in [6.07, 6.45) is 1.37. The molecule has 2 heterocycles. The molecule has 1 aliphatic heterocycles. The maximum Gasteiger partial charge on any atom is 0.204 e. The molecule has 0 atom stereocenters. The first-order valence-electron chi connectivity index (χ1n) is 8.87. The Hall–Kier alpha value is -2.01. The quantitative estimate of drug-likeness (QED) is 0.809. The Morgan fingerprint density at radius 1 is 1.19 bits per heavy atom. The minimum Gasteiger partial charge on any atom is -0.372 e. The van der Waals surface area contributed by atoms with Gasteiger partial charge in [0.2, 0.25) is 6.41 Å². The van der Waals surface area contributed by atoms with E-state index in [0.717, 1.165) is 26.1 Å². The van der Waals surface area contributed by atoms with Crippen molar-refractivity contribution in [1.29, 1.82) is 0 Å². The summed E-state index contributed by atoms with van der Waals surface area (Å²) < 4.78 is 2.02. The molecule has 0 saturated heterocycles. The molecule has 1 aromatic heterocycles. The number of nitrogens with zero attached hydrogens (tertiary/aromatic N) is 3. The largest absolute Gasteiger partial charge is 0.372 e. The molecule has 3 rings (SSSR count). The lowest BCUT2D eigenvalue weighted by Crippen LogP contribution is -2.34. The zero-order chi connectivity index (χ0) is 19.5. The second-order valence-corrected chi connectivity index (χ2v) is 8.42. The molecular formula is C20H29ClN4O. The second-order valence-electron chi connectivity index (χ2n) is 8.03. The molecule has 2 N–H and O–H groups in total. The SMILES string of the molecule is Cc1cc(N2CCn3nc(Cl)cc3C2)cc(C)c1CC(C)(C)C.NC=O. The minimum atomic E-state index is 0.250. The first-order valence-corrected chi connectivity index (χ1v) is 9.25. The molecule has 0 aliphatic carbocycles. The van der Waals surface area contributed by atoms with E-state index in [1.54, 1.807) is 0 Å². The molecule has 0 fully saturated rings. The van der Waals surface area contributed by atoms with E-state index in [1.807, 2.05) is 10.7 Å². The average Bonchev–Trinajstić information content (AvgIpc) is 2.89. The number of primary amides is 1. The van der Waals surface area contributed by atoms with Crippen LogP contribution in [0, 0.1) is 19.3 Å². The molecule has 1 aliphatic rings. The van der Waals surface area contributed by atoms with Crippen LogP contribution in [0.5, 0.6) is 0 Å². The predicted molar refractivity (Wildman–Crippen MR) is 108 cm³/mol. The van der Waals surface area contributed by atoms with Gasteiger partial charge >= 0.3 is 0 Å². The van der Waals surface area contributed by atoms with Gasteiger partial charge < -0.3 is 10.6 Å². The monoisotopic (exact) mass is 376 g/mol. The number of rotatable bonds is 2. The Bertz CT molecular complexity index is 754. The maximum atomic E-state index is 8.58. The maximum absolute atomic E-state index is 8.58. The van der Waals surface area contributed by atoms with Crippen molar-refractivity contribution in [1.82, 2.24) is 9.78 Å². The van der Waals surface area contributed by atoms with Crippen LogP contribution in [-0.2, 0) is 24.3 Å². The van der Waals surface area contributed by atoms with Crippen molar-refractivity contribution in [3.63, 3.8) is 0 Å². The highest BCUT2D eigenvalue weighted by Crippen LogP contribution is 2.30. The molecule has 0 bridgehead atoms. The van der Waals surface area contributed by atoms with E-state index in [2.05, 4.69) is 62.5 Å². The Morgan fingerprint density at radius 2 is 1.77 bits per heavy atom. The van der Waals surface area contributed by atoms with Gasteiger partial charge in [-0.1, -0.05) is 32.4 Å². The summed E-state index contributed by atoms with van der Waals surface area (Å²) in [7, 11) is 0. The van der Waals surface area contributed by atoms with Gasteiger partial charge in [0.1, 0.15) is 0 Å². The van der Waals surface area contributed by atoms with E-state index in [1.165, 1.54) is 28.1 Å². The van der Waals surface area contributed by atoms with Gasteiger partial charge in [-0.2, -0.15) is 5.10 Å². The van der Waals surface area contributed by atoms with Gasteiger partial charge in [-0.05, 0) is 54.5 Å². The van der Waals surface area contributed by atoms with Gasteiger partial charge in [0.25, 0.3) is 0 Å². The van der Waals surface area contributed by atoms with Gasteiger partial charge in [-0.25, -0.2) is 0 Å². The van der Waals surface area contributed by atoms with E-state index < -0.39 is 0 Å². The summed E-state index contributed by atoms with van der Waals surface area (Å²) in [6, 6.07) is 6.64. The Kier molecular flexibility index (Phi) is 6.34. The highest BCUT2D eigenvalue weighted by atomic mass is 35.5. The third-order valence-corrected chi connectivity index (χ3v) is 4.71. The lowest BCUT2D eigenvalue weighted by Gasteiger charge is -2.31. The van der Waals surface area contributed by atoms with Crippen molar-refractivity contribution in [2.24, 2.45) is 11.1 Å². The number of hydrogen-bond donors (Lipinski definition) is 1. The fourth-order valence-corrected chi connectivity index (χ4v) is 3.63. The van der Waals surface area contributed by atoms with E-state index in [4.69, 9.17) is 16.4 Å². The van der Waals surface area contributed by atoms with Crippen molar-refractivity contribution in [3.8, 4) is 0 Å². The summed E-state index contributed by atoms with van der Waals surface area (Å²) in [5, 5.41) is 4.92. The Balaban J connectivity index is 0.000000758. The lowest BCUT2D eigenvalue weighted by atomic mass is 9.84. The van der Waals surface area contributed by atoms with Crippen LogP contribution in [0.2, 0.25) is 5.15 Å². The van der Waals surface area contributed by atoms with Gasteiger partial charge in [-0.15, -0.1) is 0 Å². The number of aromatic nitrogens is 2. The number of fused-ring (bicyclic) bond motifs is 1. The normalized spacial score (nSPS) is 13.7.